The number of ether oxygens (including phenoxy) is 3. The van der Waals surface area contributed by atoms with Gasteiger partial charge in [-0.1, -0.05) is 40.9 Å². The average molecular weight is 476 g/mol. The van der Waals surface area contributed by atoms with Gasteiger partial charge in [0, 0.05) is 26.7 Å². The van der Waals surface area contributed by atoms with Crippen LogP contribution < -0.4 is 19.5 Å². The molecule has 0 bridgehead atoms. The van der Waals surface area contributed by atoms with Gasteiger partial charge in [-0.05, 0) is 23.8 Å². The minimum Gasteiger partial charge on any atom is -0.493 e. The Bertz CT molecular complexity index is 922. The van der Waals surface area contributed by atoms with Crippen molar-refractivity contribution in [1.29, 1.82) is 0 Å². The second-order valence-electron chi connectivity index (χ2n) is 6.32. The third kappa shape index (κ3) is 6.86. The lowest BCUT2D eigenvalue weighted by molar-refractivity contribution is -0.130. The van der Waals surface area contributed by atoms with E-state index in [1.807, 2.05) is 0 Å². The van der Waals surface area contributed by atoms with Crippen molar-refractivity contribution in [2.45, 2.75) is 6.54 Å². The summed E-state index contributed by atoms with van der Waals surface area (Å²) < 4.78 is 16.2. The topological polar surface area (TPSA) is 77.1 Å². The second kappa shape index (κ2) is 11.2. The summed E-state index contributed by atoms with van der Waals surface area (Å²) in [5, 5.41) is 3.56. The number of amides is 2. The zero-order valence-corrected chi connectivity index (χ0v) is 18.9. The van der Waals surface area contributed by atoms with E-state index in [2.05, 4.69) is 5.32 Å². The molecule has 2 amide bonds. The van der Waals surface area contributed by atoms with Crippen molar-refractivity contribution < 1.29 is 23.8 Å². The van der Waals surface area contributed by atoms with Crippen LogP contribution in [0.3, 0.4) is 0 Å². The molecule has 0 spiro atoms. The molecule has 0 aliphatic carbocycles. The van der Waals surface area contributed by atoms with Gasteiger partial charge in [-0.2, -0.15) is 0 Å². The lowest BCUT2D eigenvalue weighted by atomic mass is 10.2. The van der Waals surface area contributed by atoms with Crippen LogP contribution in [0.1, 0.15) is 5.56 Å². The molecule has 0 atom stereocenters. The average Bonchev–Trinajstić information content (AvgIpc) is 2.72. The van der Waals surface area contributed by atoms with Gasteiger partial charge in [0.1, 0.15) is 5.75 Å². The summed E-state index contributed by atoms with van der Waals surface area (Å²) in [5.74, 6) is 0.618. The number of likely N-dealkylation sites (N-methyl/N-ethyl adjacent to an activating group) is 1. The monoisotopic (exact) mass is 474 g/mol. The van der Waals surface area contributed by atoms with E-state index >= 15 is 0 Å². The molecule has 162 valence electrons. The first-order chi connectivity index (χ1) is 14.2. The second-order valence-corrected chi connectivity index (χ2v) is 7.55. The molecule has 7 nitrogen and oxygen atoms in total. The van der Waals surface area contributed by atoms with Crippen molar-refractivity contribution in [1.82, 2.24) is 10.2 Å². The van der Waals surface area contributed by atoms with Gasteiger partial charge in [0.15, 0.2) is 24.7 Å². The van der Waals surface area contributed by atoms with Crippen LogP contribution in [0.5, 0.6) is 17.2 Å². The molecular weight excluding hydrogens is 455 g/mol. The molecule has 0 fully saturated rings. The van der Waals surface area contributed by atoms with E-state index in [4.69, 9.17) is 49.0 Å². The maximum Gasteiger partial charge on any atom is 0.259 e. The van der Waals surface area contributed by atoms with Gasteiger partial charge in [-0.25, -0.2) is 0 Å². The molecule has 2 rings (SSSR count). The van der Waals surface area contributed by atoms with Gasteiger partial charge < -0.3 is 24.4 Å². The molecule has 10 heteroatoms. The Morgan fingerprint density at radius 1 is 0.900 bits per heavy atom. The summed E-state index contributed by atoms with van der Waals surface area (Å²) >= 11 is 17.8. The van der Waals surface area contributed by atoms with Gasteiger partial charge >= 0.3 is 0 Å². The molecule has 0 aliphatic heterocycles. The fourth-order valence-corrected chi connectivity index (χ4v) is 2.81. The number of halogens is 3. The molecule has 0 aromatic heterocycles. The summed E-state index contributed by atoms with van der Waals surface area (Å²) in [6, 6.07) is 8.04. The molecule has 0 heterocycles. The van der Waals surface area contributed by atoms with E-state index < -0.39 is 0 Å². The van der Waals surface area contributed by atoms with Gasteiger partial charge in [0.05, 0.1) is 22.2 Å². The third-order valence-corrected chi connectivity index (χ3v) is 4.92. The molecule has 0 saturated heterocycles. The Hall–Kier alpha value is -2.35. The minimum absolute atomic E-state index is 0.103. The van der Waals surface area contributed by atoms with E-state index in [1.54, 1.807) is 32.3 Å². The lowest BCUT2D eigenvalue weighted by Crippen LogP contribution is -2.28. The Balaban J connectivity index is 1.89. The number of carbonyl (C=O) groups excluding carboxylic acids is 2. The number of benzene rings is 2. The highest BCUT2D eigenvalue weighted by molar-refractivity contribution is 6.43. The van der Waals surface area contributed by atoms with Crippen molar-refractivity contribution in [3.63, 3.8) is 0 Å². The van der Waals surface area contributed by atoms with Crippen molar-refractivity contribution in [3.8, 4) is 17.2 Å². The van der Waals surface area contributed by atoms with Crippen molar-refractivity contribution >= 4 is 46.6 Å². The normalized spacial score (nSPS) is 10.3. The van der Waals surface area contributed by atoms with Crippen LogP contribution in [0.4, 0.5) is 0 Å². The van der Waals surface area contributed by atoms with Crippen molar-refractivity contribution in [3.05, 3.63) is 51.0 Å². The van der Waals surface area contributed by atoms with Crippen LogP contribution in [-0.4, -0.2) is 51.1 Å². The Morgan fingerprint density at radius 2 is 1.57 bits per heavy atom. The molecule has 0 radical (unpaired) electrons. The summed E-state index contributed by atoms with van der Waals surface area (Å²) in [6.07, 6.45) is 0. The number of nitrogens with one attached hydrogen (secondary N) is 1. The van der Waals surface area contributed by atoms with Crippen LogP contribution in [0, 0.1) is 0 Å². The third-order valence-electron chi connectivity index (χ3n) is 3.90. The number of hydrogen-bond acceptors (Lipinski definition) is 5. The first kappa shape index (κ1) is 23.9. The van der Waals surface area contributed by atoms with Gasteiger partial charge in [-0.3, -0.25) is 9.59 Å². The minimum atomic E-state index is -0.354. The first-order valence-electron chi connectivity index (χ1n) is 8.75. The Kier molecular flexibility index (Phi) is 8.89. The molecule has 1 N–H and O–H groups in total. The number of carbonyl (C=O) groups is 2. The highest BCUT2D eigenvalue weighted by Gasteiger charge is 2.12. The van der Waals surface area contributed by atoms with Crippen LogP contribution >= 0.6 is 34.8 Å². The number of methoxy groups -OCH3 is 1. The highest BCUT2D eigenvalue weighted by atomic mass is 35.5. The van der Waals surface area contributed by atoms with Crippen LogP contribution in [-0.2, 0) is 16.1 Å². The summed E-state index contributed by atoms with van der Waals surface area (Å²) in [7, 11) is 4.79. The summed E-state index contributed by atoms with van der Waals surface area (Å²) in [4.78, 5) is 25.2. The zero-order valence-electron chi connectivity index (χ0n) is 16.6. The van der Waals surface area contributed by atoms with Crippen LogP contribution in [0.15, 0.2) is 30.3 Å². The maximum absolute atomic E-state index is 12.1. The molecule has 2 aromatic rings. The molecule has 0 saturated carbocycles. The Labute approximate surface area is 189 Å². The maximum atomic E-state index is 12.1. The number of rotatable bonds is 9. The van der Waals surface area contributed by atoms with Crippen molar-refractivity contribution in [2.75, 3.05) is 34.4 Å². The number of nitrogens with zero attached hydrogens (tertiary/aromatic N) is 1. The van der Waals surface area contributed by atoms with E-state index in [1.165, 1.54) is 24.1 Å². The smallest absolute Gasteiger partial charge is 0.259 e. The van der Waals surface area contributed by atoms with Crippen LogP contribution in [0.2, 0.25) is 15.1 Å². The van der Waals surface area contributed by atoms with Crippen LogP contribution in [0.25, 0.3) is 0 Å². The first-order valence-corrected chi connectivity index (χ1v) is 9.88. The quantitative estimate of drug-likeness (QED) is 0.558. The molecule has 0 aliphatic rings. The number of hydrogen-bond donors (Lipinski definition) is 1. The van der Waals surface area contributed by atoms with E-state index in [-0.39, 0.29) is 47.4 Å². The van der Waals surface area contributed by atoms with E-state index in [9.17, 15) is 9.59 Å². The van der Waals surface area contributed by atoms with E-state index in [0.29, 0.717) is 16.5 Å². The van der Waals surface area contributed by atoms with E-state index in [0.717, 1.165) is 5.56 Å². The highest BCUT2D eigenvalue weighted by Crippen LogP contribution is 2.33. The standard InChI is InChI=1S/C20H21Cl3N2O5/c1-25(2)20(27)11-30-16-5-4-12(6-18(16)28-3)9-24-19(26)10-29-17-8-14(22)13(21)7-15(17)23/h4-8H,9-11H2,1-3H3,(H,24,26). The Morgan fingerprint density at radius 3 is 2.23 bits per heavy atom. The van der Waals surface area contributed by atoms with Gasteiger partial charge in [0.25, 0.3) is 11.8 Å². The van der Waals surface area contributed by atoms with Gasteiger partial charge in [-0.15, -0.1) is 0 Å². The fraction of sp³-hybridized carbons (Fsp3) is 0.300. The SMILES string of the molecule is COc1cc(CNC(=O)COc2cc(Cl)c(Cl)cc2Cl)ccc1OCC(=O)N(C)C. The summed E-state index contributed by atoms with van der Waals surface area (Å²) in [5.41, 5.74) is 0.777. The van der Waals surface area contributed by atoms with Gasteiger partial charge in [0.2, 0.25) is 0 Å². The molecule has 2 aromatic carbocycles. The van der Waals surface area contributed by atoms with Crippen molar-refractivity contribution in [2.24, 2.45) is 0 Å². The largest absolute Gasteiger partial charge is 0.493 e. The zero-order chi connectivity index (χ0) is 22.3. The molecular formula is C20H21Cl3N2O5. The molecule has 30 heavy (non-hydrogen) atoms. The lowest BCUT2D eigenvalue weighted by Gasteiger charge is -2.14. The summed E-state index contributed by atoms with van der Waals surface area (Å²) in [6.45, 7) is -0.110. The molecule has 0 unspecified atom stereocenters. The fourth-order valence-electron chi connectivity index (χ4n) is 2.22. The predicted molar refractivity (Wildman–Crippen MR) is 116 cm³/mol. The predicted octanol–water partition coefficient (Wildman–Crippen LogP) is 3.82.